The summed E-state index contributed by atoms with van der Waals surface area (Å²) in [5.74, 6) is -2.36. The molecule has 0 heterocycles. The molecule has 0 saturated carbocycles. The maximum Gasteiger partial charge on any atom is 0.329 e. The zero-order chi connectivity index (χ0) is 19.3. The number of nitrogens with zero attached hydrogens (tertiary/aromatic N) is 2. The van der Waals surface area contributed by atoms with Crippen LogP contribution in [0, 0.1) is 24.0 Å². The van der Waals surface area contributed by atoms with Crippen molar-refractivity contribution in [3.05, 3.63) is 63.2 Å². The predicted octanol–water partition coefficient (Wildman–Crippen LogP) is 2.01. The third-order valence-corrected chi connectivity index (χ3v) is 3.50. The molecule has 0 radical (unpaired) electrons. The smallest absolute Gasteiger partial charge is 0.329 e. The lowest BCUT2D eigenvalue weighted by molar-refractivity contribution is -0.385. The van der Waals surface area contributed by atoms with Crippen LogP contribution in [-0.4, -0.2) is 28.1 Å². The number of aromatic hydroxyl groups is 1. The molecule has 0 fully saturated rings. The summed E-state index contributed by atoms with van der Waals surface area (Å²) < 4.78 is 0. The molecule has 2 rings (SSSR count). The van der Waals surface area contributed by atoms with E-state index in [9.17, 15) is 24.8 Å². The molecule has 0 aliphatic carbocycles. The van der Waals surface area contributed by atoms with Crippen molar-refractivity contribution in [3.63, 3.8) is 0 Å². The minimum Gasteiger partial charge on any atom is -0.502 e. The van der Waals surface area contributed by atoms with Crippen LogP contribution in [0.25, 0.3) is 0 Å². The highest BCUT2D eigenvalue weighted by Crippen LogP contribution is 2.25. The first-order chi connectivity index (χ1) is 12.3. The summed E-state index contributed by atoms with van der Waals surface area (Å²) in [5.41, 5.74) is 3.98. The third kappa shape index (κ3) is 4.41. The summed E-state index contributed by atoms with van der Waals surface area (Å²) >= 11 is 0. The van der Waals surface area contributed by atoms with Crippen molar-refractivity contribution in [2.45, 2.75) is 13.8 Å². The Morgan fingerprint density at radius 1 is 1.15 bits per heavy atom. The Bertz CT molecular complexity index is 888. The van der Waals surface area contributed by atoms with Crippen LogP contribution in [0.4, 0.5) is 11.4 Å². The first-order valence-electron chi connectivity index (χ1n) is 7.47. The van der Waals surface area contributed by atoms with Gasteiger partial charge >= 0.3 is 17.5 Å². The number of amides is 2. The van der Waals surface area contributed by atoms with Gasteiger partial charge in [-0.15, -0.1) is 0 Å². The molecular formula is C17H16N4O5. The van der Waals surface area contributed by atoms with E-state index in [1.807, 2.05) is 11.5 Å². The summed E-state index contributed by atoms with van der Waals surface area (Å²) in [4.78, 5) is 33.7. The molecule has 0 unspecified atom stereocenters. The van der Waals surface area contributed by atoms with E-state index in [0.29, 0.717) is 5.69 Å². The van der Waals surface area contributed by atoms with Gasteiger partial charge in [0.15, 0.2) is 5.75 Å². The van der Waals surface area contributed by atoms with Crippen molar-refractivity contribution in [1.82, 2.24) is 5.43 Å². The zero-order valence-corrected chi connectivity index (χ0v) is 14.0. The lowest BCUT2D eigenvalue weighted by Crippen LogP contribution is -2.32. The largest absolute Gasteiger partial charge is 0.502 e. The second-order valence-electron chi connectivity index (χ2n) is 5.43. The average molecular weight is 356 g/mol. The predicted molar refractivity (Wildman–Crippen MR) is 95.0 cm³/mol. The van der Waals surface area contributed by atoms with Gasteiger partial charge in [0.1, 0.15) is 0 Å². The molecule has 3 N–H and O–H groups in total. The third-order valence-electron chi connectivity index (χ3n) is 3.50. The van der Waals surface area contributed by atoms with Crippen LogP contribution in [0.5, 0.6) is 5.75 Å². The molecule has 0 aliphatic heterocycles. The molecule has 0 saturated heterocycles. The van der Waals surface area contributed by atoms with Crippen molar-refractivity contribution < 1.29 is 19.6 Å². The van der Waals surface area contributed by atoms with Gasteiger partial charge < -0.3 is 10.4 Å². The highest BCUT2D eigenvalue weighted by molar-refractivity contribution is 6.39. The molecular weight excluding hydrogens is 340 g/mol. The van der Waals surface area contributed by atoms with E-state index in [1.165, 1.54) is 6.07 Å². The first kappa shape index (κ1) is 18.6. The van der Waals surface area contributed by atoms with Crippen LogP contribution in [0.15, 0.2) is 41.5 Å². The minimum absolute atomic E-state index is 0.268. The van der Waals surface area contributed by atoms with Gasteiger partial charge in [0, 0.05) is 17.3 Å². The maximum absolute atomic E-state index is 11.9. The number of nitro groups is 1. The Balaban J connectivity index is 2.02. The lowest BCUT2D eigenvalue weighted by atomic mass is 10.1. The molecule has 9 nitrogen and oxygen atoms in total. The topological polar surface area (TPSA) is 134 Å². The van der Waals surface area contributed by atoms with Crippen LogP contribution in [-0.2, 0) is 9.59 Å². The SMILES string of the molecule is Cc1cccc(C)c1NC(=O)C(=O)N/N=C\c1ccc(O)c([N+](=O)[O-])c1. The molecule has 0 spiro atoms. The van der Waals surface area contributed by atoms with E-state index >= 15 is 0 Å². The number of rotatable bonds is 4. The van der Waals surface area contributed by atoms with Gasteiger partial charge in [0.05, 0.1) is 11.1 Å². The van der Waals surface area contributed by atoms with E-state index in [1.54, 1.807) is 26.0 Å². The summed E-state index contributed by atoms with van der Waals surface area (Å²) in [7, 11) is 0. The zero-order valence-electron chi connectivity index (χ0n) is 14.0. The van der Waals surface area contributed by atoms with Gasteiger partial charge in [0.25, 0.3) is 0 Å². The maximum atomic E-state index is 11.9. The number of aryl methyl sites for hydroxylation is 2. The van der Waals surface area contributed by atoms with Gasteiger partial charge in [-0.1, -0.05) is 18.2 Å². The highest BCUT2D eigenvalue weighted by atomic mass is 16.6. The molecule has 2 aromatic rings. The second-order valence-corrected chi connectivity index (χ2v) is 5.43. The molecule has 0 aliphatic rings. The Morgan fingerprint density at radius 3 is 2.42 bits per heavy atom. The second kappa shape index (κ2) is 7.88. The lowest BCUT2D eigenvalue weighted by Gasteiger charge is -2.10. The average Bonchev–Trinajstić information content (AvgIpc) is 2.59. The number of anilines is 1. The van der Waals surface area contributed by atoms with Gasteiger partial charge in [-0.25, -0.2) is 5.43 Å². The van der Waals surface area contributed by atoms with Crippen LogP contribution in [0.2, 0.25) is 0 Å². The van der Waals surface area contributed by atoms with Gasteiger partial charge in [-0.2, -0.15) is 5.10 Å². The van der Waals surface area contributed by atoms with Crippen LogP contribution < -0.4 is 10.7 Å². The fourth-order valence-electron chi connectivity index (χ4n) is 2.17. The number of para-hydroxylation sites is 1. The Hall–Kier alpha value is -3.75. The number of carbonyl (C=O) groups excluding carboxylic acids is 2. The molecule has 9 heteroatoms. The molecule has 2 aromatic carbocycles. The molecule has 0 atom stereocenters. The summed E-state index contributed by atoms with van der Waals surface area (Å²) in [5, 5.41) is 26.2. The van der Waals surface area contributed by atoms with Crippen molar-refractivity contribution in [3.8, 4) is 5.75 Å². The quantitative estimate of drug-likeness (QED) is 0.333. The monoisotopic (exact) mass is 356 g/mol. The Morgan fingerprint density at radius 2 is 1.81 bits per heavy atom. The fraction of sp³-hybridized carbons (Fsp3) is 0.118. The van der Waals surface area contributed by atoms with E-state index in [2.05, 4.69) is 10.4 Å². The van der Waals surface area contributed by atoms with E-state index in [4.69, 9.17) is 0 Å². The van der Waals surface area contributed by atoms with E-state index in [-0.39, 0.29) is 5.56 Å². The highest BCUT2D eigenvalue weighted by Gasteiger charge is 2.15. The number of carbonyl (C=O) groups is 2. The van der Waals surface area contributed by atoms with Crippen molar-refractivity contribution in [2.24, 2.45) is 5.10 Å². The number of benzene rings is 2. The number of hydrogen-bond donors (Lipinski definition) is 3. The number of hydrogen-bond acceptors (Lipinski definition) is 6. The van der Waals surface area contributed by atoms with Crippen LogP contribution >= 0.6 is 0 Å². The number of nitro benzene ring substituents is 1. The van der Waals surface area contributed by atoms with Gasteiger partial charge in [-0.3, -0.25) is 19.7 Å². The van der Waals surface area contributed by atoms with E-state index in [0.717, 1.165) is 29.5 Å². The molecule has 2 amide bonds. The summed E-state index contributed by atoms with van der Waals surface area (Å²) in [6.07, 6.45) is 1.12. The fourth-order valence-corrected chi connectivity index (χ4v) is 2.17. The Labute approximate surface area is 148 Å². The molecule has 0 aromatic heterocycles. The van der Waals surface area contributed by atoms with Crippen molar-refractivity contribution in [1.29, 1.82) is 0 Å². The normalized spacial score (nSPS) is 10.5. The van der Waals surface area contributed by atoms with Gasteiger partial charge in [-0.05, 0) is 37.1 Å². The number of phenols is 1. The molecule has 134 valence electrons. The molecule has 0 bridgehead atoms. The summed E-state index contributed by atoms with van der Waals surface area (Å²) in [6.45, 7) is 3.60. The van der Waals surface area contributed by atoms with Crippen molar-refractivity contribution >= 4 is 29.4 Å². The Kier molecular flexibility index (Phi) is 5.63. The number of phenolic OH excluding ortho intramolecular Hbond substituents is 1. The van der Waals surface area contributed by atoms with Gasteiger partial charge in [0.2, 0.25) is 0 Å². The van der Waals surface area contributed by atoms with Crippen molar-refractivity contribution in [2.75, 3.05) is 5.32 Å². The standard InChI is InChI=1S/C17H16N4O5/c1-10-4-3-5-11(2)15(10)19-16(23)17(24)20-18-9-12-6-7-14(22)13(8-12)21(25)26/h3-9,22H,1-2H3,(H,19,23)(H,20,24)/b18-9-. The number of nitrogens with one attached hydrogen (secondary N) is 2. The first-order valence-corrected chi connectivity index (χ1v) is 7.47. The van der Waals surface area contributed by atoms with Crippen LogP contribution in [0.1, 0.15) is 16.7 Å². The van der Waals surface area contributed by atoms with Crippen LogP contribution in [0.3, 0.4) is 0 Å². The summed E-state index contributed by atoms with van der Waals surface area (Å²) in [6, 6.07) is 9.03. The minimum atomic E-state index is -0.989. The molecule has 26 heavy (non-hydrogen) atoms. The van der Waals surface area contributed by atoms with E-state index < -0.39 is 28.2 Å². The number of hydrazone groups is 1.